The van der Waals surface area contributed by atoms with Gasteiger partial charge in [0.2, 0.25) is 5.91 Å². The third-order valence-corrected chi connectivity index (χ3v) is 8.32. The molecule has 1 saturated heterocycles. The van der Waals surface area contributed by atoms with Gasteiger partial charge in [0, 0.05) is 32.0 Å². The number of Topliss-reactive ketones (excluding diaryl/α,β-unsaturated/α-hetero) is 1. The molecule has 0 bridgehead atoms. The van der Waals surface area contributed by atoms with E-state index in [0.29, 0.717) is 6.54 Å². The zero-order valence-electron chi connectivity index (χ0n) is 20.3. The summed E-state index contributed by atoms with van der Waals surface area (Å²) in [6, 6.07) is 13.6. The summed E-state index contributed by atoms with van der Waals surface area (Å²) < 4.78 is 0. The van der Waals surface area contributed by atoms with Gasteiger partial charge in [0.25, 0.3) is 0 Å². The molecule has 1 saturated carbocycles. The summed E-state index contributed by atoms with van der Waals surface area (Å²) in [6.07, 6.45) is 4.39. The number of aromatic carboxylic acids is 1. The summed E-state index contributed by atoms with van der Waals surface area (Å²) in [5.41, 5.74) is 8.69. The first-order valence-corrected chi connectivity index (χ1v) is 12.6. The molecular formula is C28H32N4O4. The van der Waals surface area contributed by atoms with Crippen LogP contribution in [0.3, 0.4) is 0 Å². The number of likely N-dealkylation sites (tertiary alicyclic amines) is 1. The highest BCUT2D eigenvalue weighted by molar-refractivity contribution is 5.93. The maximum absolute atomic E-state index is 13.7. The van der Waals surface area contributed by atoms with Crippen LogP contribution in [0.1, 0.15) is 58.8 Å². The molecule has 2 heterocycles. The van der Waals surface area contributed by atoms with E-state index in [0.717, 1.165) is 61.9 Å². The van der Waals surface area contributed by atoms with E-state index in [4.69, 9.17) is 16.2 Å². The van der Waals surface area contributed by atoms with Gasteiger partial charge in [0.15, 0.2) is 11.7 Å². The molecule has 2 fully saturated rings. The van der Waals surface area contributed by atoms with Crippen molar-refractivity contribution < 1.29 is 19.5 Å². The van der Waals surface area contributed by atoms with E-state index in [2.05, 4.69) is 0 Å². The Morgan fingerprint density at radius 3 is 2.31 bits per heavy atom. The number of carbonyl (C=O) groups is 3. The molecule has 8 nitrogen and oxygen atoms in total. The van der Waals surface area contributed by atoms with Crippen molar-refractivity contribution in [2.45, 2.75) is 44.6 Å². The number of carbonyl (C=O) groups excluding carboxylic acids is 2. The molecule has 1 aliphatic carbocycles. The molecule has 4 N–H and O–H groups in total. The summed E-state index contributed by atoms with van der Waals surface area (Å²) in [6.45, 7) is 2.04. The summed E-state index contributed by atoms with van der Waals surface area (Å²) in [7, 11) is 0. The largest absolute Gasteiger partial charge is 0.478 e. The lowest BCUT2D eigenvalue weighted by Crippen LogP contribution is -2.55. The third-order valence-electron chi connectivity index (χ3n) is 8.32. The van der Waals surface area contributed by atoms with Crippen LogP contribution in [0.4, 0.5) is 0 Å². The lowest BCUT2D eigenvalue weighted by atomic mass is 9.57. The Kier molecular flexibility index (Phi) is 6.28. The number of carboxylic acids is 1. The standard InChI is InChI=1S/C28H32N4O4/c29-27(30)31-13-10-28(11-14-31)16-21(17-28)25(34)32-12-9-19-3-1-2-4-22(19)24(32)23(33)15-18-5-7-20(8-6-18)26(35)36/h1-8,21,24H,9-17H2,(H3,29,30)(H,35,36). The zero-order chi connectivity index (χ0) is 25.4. The lowest BCUT2D eigenvalue weighted by Gasteiger charge is -2.53. The van der Waals surface area contributed by atoms with Crippen molar-refractivity contribution in [3.05, 3.63) is 70.8 Å². The molecule has 1 spiro atoms. The number of hydrogen-bond donors (Lipinski definition) is 3. The Labute approximate surface area is 210 Å². The number of nitrogens with two attached hydrogens (primary N) is 1. The van der Waals surface area contributed by atoms with Gasteiger partial charge in [-0.05, 0) is 66.3 Å². The topological polar surface area (TPSA) is 128 Å². The number of hydrogen-bond acceptors (Lipinski definition) is 4. The number of amides is 1. The van der Waals surface area contributed by atoms with Crippen molar-refractivity contribution in [2.24, 2.45) is 17.1 Å². The number of nitrogens with zero attached hydrogens (tertiary/aromatic N) is 2. The molecule has 1 unspecified atom stereocenters. The van der Waals surface area contributed by atoms with Crippen molar-refractivity contribution in [1.82, 2.24) is 9.80 Å². The van der Waals surface area contributed by atoms with Crippen molar-refractivity contribution in [3.8, 4) is 0 Å². The van der Waals surface area contributed by atoms with Gasteiger partial charge >= 0.3 is 5.97 Å². The van der Waals surface area contributed by atoms with E-state index in [1.54, 1.807) is 17.0 Å². The Balaban J connectivity index is 1.32. The highest BCUT2D eigenvalue weighted by Gasteiger charge is 2.51. The van der Waals surface area contributed by atoms with Crippen LogP contribution in [0.2, 0.25) is 0 Å². The summed E-state index contributed by atoms with van der Waals surface area (Å²) in [5, 5.41) is 16.8. The maximum atomic E-state index is 13.7. The van der Waals surface area contributed by atoms with Gasteiger partial charge in [0.1, 0.15) is 6.04 Å². The van der Waals surface area contributed by atoms with Crippen LogP contribution in [0.15, 0.2) is 48.5 Å². The molecule has 188 valence electrons. The Morgan fingerprint density at radius 1 is 1.00 bits per heavy atom. The van der Waals surface area contributed by atoms with Crippen molar-refractivity contribution in [2.75, 3.05) is 19.6 Å². The highest BCUT2D eigenvalue weighted by Crippen LogP contribution is 2.53. The van der Waals surface area contributed by atoms with E-state index < -0.39 is 12.0 Å². The second-order valence-electron chi connectivity index (χ2n) is 10.5. The fourth-order valence-corrected chi connectivity index (χ4v) is 6.24. The molecular weight excluding hydrogens is 456 g/mol. The zero-order valence-corrected chi connectivity index (χ0v) is 20.3. The minimum atomic E-state index is -1.00. The van der Waals surface area contributed by atoms with Gasteiger partial charge in [-0.2, -0.15) is 0 Å². The molecule has 0 radical (unpaired) electrons. The monoisotopic (exact) mass is 488 g/mol. The lowest BCUT2D eigenvalue weighted by molar-refractivity contribution is -0.151. The number of guanidine groups is 1. The molecule has 2 aromatic rings. The quantitative estimate of drug-likeness (QED) is 0.439. The van der Waals surface area contributed by atoms with E-state index in [9.17, 15) is 14.4 Å². The number of benzene rings is 2. The molecule has 8 heteroatoms. The maximum Gasteiger partial charge on any atom is 0.335 e. The van der Waals surface area contributed by atoms with Crippen LogP contribution in [0, 0.1) is 16.7 Å². The first-order valence-electron chi connectivity index (χ1n) is 12.6. The van der Waals surface area contributed by atoms with Crippen LogP contribution < -0.4 is 5.73 Å². The van der Waals surface area contributed by atoms with Crippen LogP contribution in [0.5, 0.6) is 0 Å². The van der Waals surface area contributed by atoms with Crippen LogP contribution in [-0.2, 0) is 22.4 Å². The first-order chi connectivity index (χ1) is 17.3. The fourth-order valence-electron chi connectivity index (χ4n) is 6.24. The second-order valence-corrected chi connectivity index (χ2v) is 10.5. The number of ketones is 1. The number of piperidine rings is 1. The summed E-state index contributed by atoms with van der Waals surface area (Å²) in [4.78, 5) is 42.2. The van der Waals surface area contributed by atoms with Crippen molar-refractivity contribution >= 4 is 23.6 Å². The average Bonchev–Trinajstić information content (AvgIpc) is 2.86. The molecule has 36 heavy (non-hydrogen) atoms. The van der Waals surface area contributed by atoms with Gasteiger partial charge in [-0.25, -0.2) is 4.79 Å². The minimum absolute atomic E-state index is 0.0534. The molecule has 5 rings (SSSR count). The first kappa shape index (κ1) is 24.0. The van der Waals surface area contributed by atoms with E-state index >= 15 is 0 Å². The Morgan fingerprint density at radius 2 is 1.67 bits per heavy atom. The number of carboxylic acid groups (broad SMARTS) is 1. The Bertz CT molecular complexity index is 1190. The number of fused-ring (bicyclic) bond motifs is 1. The van der Waals surface area contributed by atoms with Crippen LogP contribution in [-0.4, -0.2) is 58.2 Å². The van der Waals surface area contributed by atoms with Crippen LogP contribution >= 0.6 is 0 Å². The van der Waals surface area contributed by atoms with Crippen LogP contribution in [0.25, 0.3) is 0 Å². The Hall–Kier alpha value is -3.68. The van der Waals surface area contributed by atoms with Gasteiger partial charge in [-0.1, -0.05) is 36.4 Å². The normalized spacial score (nSPS) is 20.9. The second kappa shape index (κ2) is 9.41. The highest BCUT2D eigenvalue weighted by atomic mass is 16.4. The van der Waals surface area contributed by atoms with Gasteiger partial charge < -0.3 is 20.6 Å². The molecule has 2 aromatic carbocycles. The SMILES string of the molecule is N=C(N)N1CCC2(CC1)CC(C(=O)N1CCc3ccccc3C1C(=O)Cc1ccc(C(=O)O)cc1)C2. The summed E-state index contributed by atoms with van der Waals surface area (Å²) >= 11 is 0. The molecule has 3 aliphatic rings. The van der Waals surface area contributed by atoms with Gasteiger partial charge in [0.05, 0.1) is 5.56 Å². The molecule has 1 amide bonds. The molecule has 1 atom stereocenters. The van der Waals surface area contributed by atoms with E-state index in [1.807, 2.05) is 29.2 Å². The van der Waals surface area contributed by atoms with E-state index in [-0.39, 0.29) is 41.0 Å². The molecule has 2 aliphatic heterocycles. The summed E-state index contributed by atoms with van der Waals surface area (Å²) in [5.74, 6) is -0.964. The number of nitrogens with one attached hydrogen (secondary N) is 1. The predicted octanol–water partition coefficient (Wildman–Crippen LogP) is 3.01. The van der Waals surface area contributed by atoms with Crippen molar-refractivity contribution in [3.63, 3.8) is 0 Å². The van der Waals surface area contributed by atoms with Gasteiger partial charge in [-0.15, -0.1) is 0 Å². The molecule has 0 aromatic heterocycles. The van der Waals surface area contributed by atoms with Gasteiger partial charge in [-0.3, -0.25) is 15.0 Å². The smallest absolute Gasteiger partial charge is 0.335 e. The number of rotatable bonds is 5. The average molecular weight is 489 g/mol. The van der Waals surface area contributed by atoms with E-state index in [1.165, 1.54) is 12.1 Å². The minimum Gasteiger partial charge on any atom is -0.478 e. The van der Waals surface area contributed by atoms with Crippen molar-refractivity contribution in [1.29, 1.82) is 5.41 Å². The fraction of sp³-hybridized carbons (Fsp3) is 0.429. The predicted molar refractivity (Wildman–Crippen MR) is 135 cm³/mol. The third kappa shape index (κ3) is 4.47.